The lowest BCUT2D eigenvalue weighted by Gasteiger charge is -2.09. The number of benzene rings is 2. The molecule has 2 aromatic carbocycles. The van der Waals surface area contributed by atoms with Crippen molar-refractivity contribution in [2.45, 2.75) is 13.8 Å². The molecule has 0 spiro atoms. The van der Waals surface area contributed by atoms with Crippen LogP contribution in [0.1, 0.15) is 21.5 Å². The van der Waals surface area contributed by atoms with Crippen LogP contribution < -0.4 is 5.32 Å². The Morgan fingerprint density at radius 2 is 1.83 bits per heavy atom. The topological polar surface area (TPSA) is 29.1 Å². The summed E-state index contributed by atoms with van der Waals surface area (Å²) in [7, 11) is 0. The predicted molar refractivity (Wildman–Crippen MR) is 70.3 cm³/mol. The quantitative estimate of drug-likeness (QED) is 0.856. The van der Waals surface area contributed by atoms with Gasteiger partial charge in [-0.3, -0.25) is 4.79 Å². The van der Waals surface area contributed by atoms with E-state index in [4.69, 9.17) is 0 Å². The Morgan fingerprint density at radius 1 is 1.11 bits per heavy atom. The third kappa shape index (κ3) is 2.56. The smallest absolute Gasteiger partial charge is 0.258 e. The maximum atomic E-state index is 13.6. The van der Waals surface area contributed by atoms with E-state index in [9.17, 15) is 9.18 Å². The summed E-state index contributed by atoms with van der Waals surface area (Å²) in [5.74, 6) is -0.933. The van der Waals surface area contributed by atoms with Gasteiger partial charge in [-0.2, -0.15) is 0 Å². The van der Waals surface area contributed by atoms with Gasteiger partial charge in [-0.25, -0.2) is 4.39 Å². The summed E-state index contributed by atoms with van der Waals surface area (Å²) in [5.41, 5.74) is 2.56. The second-order valence-corrected chi connectivity index (χ2v) is 4.25. The normalized spacial score (nSPS) is 10.2. The Balaban J connectivity index is 2.28. The summed E-state index contributed by atoms with van der Waals surface area (Å²) in [5, 5.41) is 2.72. The minimum Gasteiger partial charge on any atom is -0.322 e. The van der Waals surface area contributed by atoms with E-state index in [0.717, 1.165) is 11.1 Å². The van der Waals surface area contributed by atoms with Gasteiger partial charge in [-0.05, 0) is 37.6 Å². The van der Waals surface area contributed by atoms with Crippen LogP contribution in [0.3, 0.4) is 0 Å². The zero-order valence-corrected chi connectivity index (χ0v) is 10.3. The van der Waals surface area contributed by atoms with E-state index in [2.05, 4.69) is 5.32 Å². The van der Waals surface area contributed by atoms with Gasteiger partial charge in [0.25, 0.3) is 5.91 Å². The number of hydrogen-bond donors (Lipinski definition) is 1. The molecule has 0 saturated carbocycles. The molecule has 0 fully saturated rings. The molecule has 0 aliphatic rings. The molecule has 0 aliphatic heterocycles. The Labute approximate surface area is 105 Å². The molecule has 0 atom stereocenters. The van der Waals surface area contributed by atoms with Crippen molar-refractivity contribution in [1.82, 2.24) is 0 Å². The van der Waals surface area contributed by atoms with Crippen LogP contribution >= 0.6 is 0 Å². The van der Waals surface area contributed by atoms with Crippen molar-refractivity contribution in [2.75, 3.05) is 5.32 Å². The first-order valence-corrected chi connectivity index (χ1v) is 5.71. The molecule has 0 aromatic heterocycles. The molecule has 92 valence electrons. The number of carbonyl (C=O) groups is 1. The van der Waals surface area contributed by atoms with Gasteiger partial charge in [0.05, 0.1) is 5.56 Å². The highest BCUT2D eigenvalue weighted by atomic mass is 19.1. The van der Waals surface area contributed by atoms with Crippen LogP contribution in [0.5, 0.6) is 0 Å². The van der Waals surface area contributed by atoms with Crippen molar-refractivity contribution in [1.29, 1.82) is 0 Å². The SMILES string of the molecule is Cc1ccc(F)c(C(=O)Nc2ccccc2C)c1. The third-order valence-electron chi connectivity index (χ3n) is 2.76. The summed E-state index contributed by atoms with van der Waals surface area (Å²) < 4.78 is 13.6. The largest absolute Gasteiger partial charge is 0.322 e. The number of rotatable bonds is 2. The molecule has 2 aromatic rings. The summed E-state index contributed by atoms with van der Waals surface area (Å²) in [6, 6.07) is 11.9. The third-order valence-corrected chi connectivity index (χ3v) is 2.76. The van der Waals surface area contributed by atoms with Gasteiger partial charge in [0.2, 0.25) is 0 Å². The highest BCUT2D eigenvalue weighted by Crippen LogP contribution is 2.16. The highest BCUT2D eigenvalue weighted by molar-refractivity contribution is 6.04. The first-order chi connectivity index (χ1) is 8.58. The van der Waals surface area contributed by atoms with E-state index in [1.165, 1.54) is 6.07 Å². The summed E-state index contributed by atoms with van der Waals surface area (Å²) in [6.45, 7) is 3.71. The van der Waals surface area contributed by atoms with Gasteiger partial charge in [0.1, 0.15) is 5.82 Å². The molecular formula is C15H14FNO. The van der Waals surface area contributed by atoms with E-state index < -0.39 is 11.7 Å². The Hall–Kier alpha value is -2.16. The number of amides is 1. The molecule has 2 rings (SSSR count). The second-order valence-electron chi connectivity index (χ2n) is 4.25. The lowest BCUT2D eigenvalue weighted by molar-refractivity contribution is 0.102. The standard InChI is InChI=1S/C15H14FNO/c1-10-7-8-13(16)12(9-10)15(18)17-14-6-4-3-5-11(14)2/h3-9H,1-2H3,(H,17,18). The molecule has 0 bridgehead atoms. The minimum absolute atomic E-state index is 0.0678. The zero-order valence-electron chi connectivity index (χ0n) is 10.3. The Kier molecular flexibility index (Phi) is 3.42. The number of para-hydroxylation sites is 1. The fraction of sp³-hybridized carbons (Fsp3) is 0.133. The van der Waals surface area contributed by atoms with E-state index >= 15 is 0 Å². The maximum absolute atomic E-state index is 13.6. The molecule has 3 heteroatoms. The number of hydrogen-bond acceptors (Lipinski definition) is 1. The number of carbonyl (C=O) groups excluding carboxylic acids is 1. The molecule has 0 saturated heterocycles. The number of aryl methyl sites for hydroxylation is 2. The van der Waals surface area contributed by atoms with Crippen LogP contribution in [-0.2, 0) is 0 Å². The molecule has 2 nitrogen and oxygen atoms in total. The van der Waals surface area contributed by atoms with E-state index in [1.807, 2.05) is 32.0 Å². The molecule has 1 N–H and O–H groups in total. The monoisotopic (exact) mass is 243 g/mol. The van der Waals surface area contributed by atoms with Gasteiger partial charge < -0.3 is 5.32 Å². The van der Waals surface area contributed by atoms with Crippen LogP contribution in [0.15, 0.2) is 42.5 Å². The van der Waals surface area contributed by atoms with E-state index in [1.54, 1.807) is 18.2 Å². The van der Waals surface area contributed by atoms with Gasteiger partial charge in [-0.15, -0.1) is 0 Å². The van der Waals surface area contributed by atoms with E-state index in [0.29, 0.717) is 5.69 Å². The van der Waals surface area contributed by atoms with Crippen LogP contribution in [0.4, 0.5) is 10.1 Å². The maximum Gasteiger partial charge on any atom is 0.258 e. The lowest BCUT2D eigenvalue weighted by atomic mass is 10.1. The van der Waals surface area contributed by atoms with Crippen LogP contribution in [-0.4, -0.2) is 5.91 Å². The Bertz CT molecular complexity index is 593. The minimum atomic E-state index is -0.508. The fourth-order valence-corrected chi connectivity index (χ4v) is 1.72. The molecule has 1 amide bonds. The zero-order chi connectivity index (χ0) is 13.1. The van der Waals surface area contributed by atoms with Gasteiger partial charge in [-0.1, -0.05) is 29.8 Å². The van der Waals surface area contributed by atoms with Crippen LogP contribution in [0, 0.1) is 19.7 Å². The first-order valence-electron chi connectivity index (χ1n) is 5.71. The molecule has 0 unspecified atom stereocenters. The molecule has 0 heterocycles. The van der Waals surface area contributed by atoms with E-state index in [-0.39, 0.29) is 5.56 Å². The van der Waals surface area contributed by atoms with Gasteiger partial charge >= 0.3 is 0 Å². The summed E-state index contributed by atoms with van der Waals surface area (Å²) >= 11 is 0. The second kappa shape index (κ2) is 5.00. The molecule has 0 radical (unpaired) electrons. The van der Waals surface area contributed by atoms with Crippen molar-refractivity contribution in [3.63, 3.8) is 0 Å². The summed E-state index contributed by atoms with van der Waals surface area (Å²) in [6.07, 6.45) is 0. The van der Waals surface area contributed by atoms with Crippen molar-refractivity contribution >= 4 is 11.6 Å². The Morgan fingerprint density at radius 3 is 2.56 bits per heavy atom. The van der Waals surface area contributed by atoms with Gasteiger partial charge in [0, 0.05) is 5.69 Å². The van der Waals surface area contributed by atoms with Gasteiger partial charge in [0.15, 0.2) is 0 Å². The lowest BCUT2D eigenvalue weighted by Crippen LogP contribution is -2.14. The fourth-order valence-electron chi connectivity index (χ4n) is 1.72. The number of anilines is 1. The average Bonchev–Trinajstić information content (AvgIpc) is 2.35. The van der Waals surface area contributed by atoms with Crippen LogP contribution in [0.25, 0.3) is 0 Å². The van der Waals surface area contributed by atoms with Crippen molar-refractivity contribution in [2.24, 2.45) is 0 Å². The molecule has 0 aliphatic carbocycles. The highest BCUT2D eigenvalue weighted by Gasteiger charge is 2.12. The molecule has 18 heavy (non-hydrogen) atoms. The van der Waals surface area contributed by atoms with Crippen molar-refractivity contribution in [3.05, 3.63) is 65.0 Å². The van der Waals surface area contributed by atoms with Crippen molar-refractivity contribution in [3.8, 4) is 0 Å². The van der Waals surface area contributed by atoms with Crippen molar-refractivity contribution < 1.29 is 9.18 Å². The number of halogens is 1. The predicted octanol–water partition coefficient (Wildman–Crippen LogP) is 3.69. The van der Waals surface area contributed by atoms with Crippen LogP contribution in [0.2, 0.25) is 0 Å². The summed E-state index contributed by atoms with van der Waals surface area (Å²) in [4.78, 5) is 12.0. The first kappa shape index (κ1) is 12.3. The average molecular weight is 243 g/mol. The number of nitrogens with one attached hydrogen (secondary N) is 1. The molecular weight excluding hydrogens is 229 g/mol.